The van der Waals surface area contributed by atoms with E-state index in [-0.39, 0.29) is 5.41 Å². The number of nitrogens with zero attached hydrogens (tertiary/aromatic N) is 3. The molecule has 0 fully saturated rings. The minimum absolute atomic E-state index is 0.00232. The van der Waals surface area contributed by atoms with Crippen LogP contribution in [0.15, 0.2) is 206 Å². The highest BCUT2D eigenvalue weighted by atomic mass is 32.1. The number of para-hydroxylation sites is 1. The topological polar surface area (TPSA) is 9.72 Å². The Hall–Kier alpha value is -7.70. The lowest BCUT2D eigenvalue weighted by molar-refractivity contribution is 0.591. The SMILES string of the molecule is CC(C)(C)c1cc2ccc3c4cc(c5ccc(c1)c2c35)N(c1cccc2c1sc1ccccc12)c1cccc(c1)N(c1ccccc1)c1cccc(c1)N4c1cccc2c1sc1ccccc12. The van der Waals surface area contributed by atoms with Gasteiger partial charge in [0.15, 0.2) is 0 Å². The summed E-state index contributed by atoms with van der Waals surface area (Å²) >= 11 is 3.76. The molecule has 0 saturated carbocycles. The lowest BCUT2D eigenvalue weighted by Gasteiger charge is -2.35. The van der Waals surface area contributed by atoms with E-state index in [2.05, 4.69) is 242 Å². The van der Waals surface area contributed by atoms with Gasteiger partial charge >= 0.3 is 0 Å². The molecule has 3 nitrogen and oxygen atoms in total. The van der Waals surface area contributed by atoms with Gasteiger partial charge in [0.2, 0.25) is 0 Å². The van der Waals surface area contributed by atoms with Crippen LogP contribution in [0.3, 0.4) is 0 Å². The molecule has 1 aliphatic rings. The van der Waals surface area contributed by atoms with E-state index in [0.29, 0.717) is 0 Å². The van der Waals surface area contributed by atoms with Crippen LogP contribution in [0.5, 0.6) is 0 Å². The second-order valence-corrected chi connectivity index (χ2v) is 21.1. The van der Waals surface area contributed by atoms with E-state index in [1.54, 1.807) is 0 Å². The van der Waals surface area contributed by atoms with Crippen LogP contribution >= 0.6 is 22.7 Å². The predicted molar refractivity (Wildman–Crippen MR) is 292 cm³/mol. The summed E-state index contributed by atoms with van der Waals surface area (Å²) in [5, 5.41) is 12.7. The Kier molecular flexibility index (Phi) is 8.29. The van der Waals surface area contributed by atoms with Gasteiger partial charge in [-0.05, 0) is 106 Å². The molecule has 67 heavy (non-hydrogen) atoms. The fourth-order valence-corrected chi connectivity index (χ4v) is 13.3. The van der Waals surface area contributed by atoms with E-state index >= 15 is 0 Å². The molecule has 318 valence electrons. The van der Waals surface area contributed by atoms with Crippen molar-refractivity contribution in [2.75, 3.05) is 14.7 Å². The van der Waals surface area contributed by atoms with Crippen molar-refractivity contribution in [2.24, 2.45) is 0 Å². The van der Waals surface area contributed by atoms with Gasteiger partial charge in [0, 0.05) is 75.5 Å². The number of hydrogen-bond acceptors (Lipinski definition) is 5. The van der Waals surface area contributed by atoms with Crippen LogP contribution in [0.25, 0.3) is 72.7 Å². The third-order valence-corrected chi connectivity index (χ3v) is 16.4. The molecular weight excluding hydrogens is 851 g/mol. The Morgan fingerprint density at radius 3 is 1.25 bits per heavy atom. The summed E-state index contributed by atoms with van der Waals surface area (Å²) in [6, 6.07) is 77.5. The van der Waals surface area contributed by atoms with Crippen molar-refractivity contribution in [3.8, 4) is 0 Å². The molecule has 6 bridgehead atoms. The third-order valence-electron chi connectivity index (χ3n) is 14.0. The fourth-order valence-electron chi connectivity index (χ4n) is 10.9. The molecule has 0 saturated heterocycles. The van der Waals surface area contributed by atoms with Gasteiger partial charge in [-0.15, -0.1) is 22.7 Å². The van der Waals surface area contributed by atoms with Crippen LogP contribution in [-0.4, -0.2) is 0 Å². The second kappa shape index (κ2) is 14.4. The molecule has 0 unspecified atom stereocenters. The Morgan fingerprint density at radius 2 is 0.746 bits per heavy atom. The molecule has 3 heterocycles. The first-order chi connectivity index (χ1) is 32.9. The minimum Gasteiger partial charge on any atom is -0.310 e. The molecule has 2 aromatic heterocycles. The van der Waals surface area contributed by atoms with Crippen LogP contribution in [0, 0.1) is 0 Å². The maximum Gasteiger partial charge on any atom is 0.0640 e. The number of rotatable bonds is 3. The first kappa shape index (κ1) is 38.6. The molecule has 0 amide bonds. The minimum atomic E-state index is -0.00232. The van der Waals surface area contributed by atoms with E-state index in [9.17, 15) is 0 Å². The van der Waals surface area contributed by atoms with E-state index in [1.165, 1.54) is 78.2 Å². The standard InChI is InChI=1S/C62H43N3S2/c1-62(2,3)40-33-38-29-31-50-54-37-55(51-32-30-39(34-40)58(38)59(50)51)65(53-26-14-24-49-47-22-8-10-28-57(47)67-61(49)53)45-20-12-18-43(36-45)63(41-15-5-4-6-16-41)42-17-11-19-44(35-42)64(54)52-25-13-23-48-46-21-7-9-27-56(46)66-60(48)52/h4-37H,1-3H3. The number of anilines is 9. The molecule has 0 radical (unpaired) electrons. The van der Waals surface area contributed by atoms with E-state index in [1.807, 2.05) is 22.7 Å². The molecule has 13 aromatic rings. The summed E-state index contributed by atoms with van der Waals surface area (Å²) in [4.78, 5) is 7.54. The average Bonchev–Trinajstić information content (AvgIpc) is 3.94. The highest BCUT2D eigenvalue weighted by Crippen LogP contribution is 2.55. The Labute approximate surface area is 396 Å². The number of hydrogen-bond donors (Lipinski definition) is 0. The van der Waals surface area contributed by atoms with Gasteiger partial charge in [-0.25, -0.2) is 0 Å². The van der Waals surface area contributed by atoms with Gasteiger partial charge in [-0.2, -0.15) is 0 Å². The van der Waals surface area contributed by atoms with Crippen molar-refractivity contribution in [1.29, 1.82) is 0 Å². The van der Waals surface area contributed by atoms with Crippen LogP contribution in [-0.2, 0) is 5.41 Å². The second-order valence-electron chi connectivity index (χ2n) is 18.9. The first-order valence-corrected chi connectivity index (χ1v) is 24.7. The molecule has 11 aromatic carbocycles. The highest BCUT2D eigenvalue weighted by molar-refractivity contribution is 7.26. The zero-order chi connectivity index (χ0) is 44.5. The van der Waals surface area contributed by atoms with Crippen molar-refractivity contribution >= 4 is 147 Å². The number of thiophene rings is 2. The van der Waals surface area contributed by atoms with Gasteiger partial charge in [0.05, 0.1) is 32.1 Å². The molecule has 0 aliphatic carbocycles. The zero-order valence-corrected chi connectivity index (χ0v) is 38.9. The summed E-state index contributed by atoms with van der Waals surface area (Å²) < 4.78 is 5.10. The average molecular weight is 894 g/mol. The fraction of sp³-hybridized carbons (Fsp3) is 0.0645. The zero-order valence-electron chi connectivity index (χ0n) is 37.3. The van der Waals surface area contributed by atoms with Crippen molar-refractivity contribution < 1.29 is 0 Å². The Balaban J connectivity index is 1.19. The Bertz CT molecular complexity index is 3890. The normalized spacial score (nSPS) is 13.2. The predicted octanol–water partition coefficient (Wildman–Crippen LogP) is 19.3. The largest absolute Gasteiger partial charge is 0.310 e. The summed E-state index contributed by atoms with van der Waals surface area (Å²) in [7, 11) is 0. The van der Waals surface area contributed by atoms with Crippen LogP contribution in [0.4, 0.5) is 51.2 Å². The Morgan fingerprint density at radius 1 is 0.313 bits per heavy atom. The summed E-state index contributed by atoms with van der Waals surface area (Å²) in [5.74, 6) is 0. The molecule has 14 rings (SSSR count). The lowest BCUT2D eigenvalue weighted by atomic mass is 9.83. The van der Waals surface area contributed by atoms with Gasteiger partial charge in [0.25, 0.3) is 0 Å². The molecular formula is C62H43N3S2. The smallest absolute Gasteiger partial charge is 0.0640 e. The first-order valence-electron chi connectivity index (χ1n) is 23.1. The van der Waals surface area contributed by atoms with Gasteiger partial charge < -0.3 is 14.7 Å². The molecule has 5 heteroatoms. The highest BCUT2D eigenvalue weighted by Gasteiger charge is 2.29. The van der Waals surface area contributed by atoms with Gasteiger partial charge in [0.1, 0.15) is 0 Å². The van der Waals surface area contributed by atoms with Crippen LogP contribution in [0.2, 0.25) is 0 Å². The maximum absolute atomic E-state index is 2.56. The maximum atomic E-state index is 2.56. The van der Waals surface area contributed by atoms with Crippen LogP contribution in [0.1, 0.15) is 26.3 Å². The third kappa shape index (κ3) is 5.81. The quantitative estimate of drug-likeness (QED) is 0.164. The van der Waals surface area contributed by atoms with Gasteiger partial charge in [-0.3, -0.25) is 0 Å². The molecule has 0 spiro atoms. The van der Waals surface area contributed by atoms with Crippen molar-refractivity contribution in [3.63, 3.8) is 0 Å². The van der Waals surface area contributed by atoms with E-state index in [0.717, 1.165) is 51.2 Å². The summed E-state index contributed by atoms with van der Waals surface area (Å²) in [5.41, 5.74) is 11.4. The van der Waals surface area contributed by atoms with E-state index < -0.39 is 0 Å². The van der Waals surface area contributed by atoms with Gasteiger partial charge in [-0.1, -0.05) is 148 Å². The number of benzene rings is 11. The van der Waals surface area contributed by atoms with Crippen molar-refractivity contribution in [1.82, 2.24) is 0 Å². The molecule has 1 aliphatic heterocycles. The molecule has 0 atom stereocenters. The monoisotopic (exact) mass is 893 g/mol. The van der Waals surface area contributed by atoms with E-state index in [4.69, 9.17) is 0 Å². The van der Waals surface area contributed by atoms with Crippen molar-refractivity contribution in [3.05, 3.63) is 212 Å². The summed E-state index contributed by atoms with van der Waals surface area (Å²) in [6.07, 6.45) is 0. The number of fused-ring (bicyclic) bond motifs is 14. The summed E-state index contributed by atoms with van der Waals surface area (Å²) in [6.45, 7) is 6.96. The lowest BCUT2D eigenvalue weighted by Crippen LogP contribution is -2.17. The van der Waals surface area contributed by atoms with Crippen molar-refractivity contribution in [2.45, 2.75) is 26.2 Å². The van der Waals surface area contributed by atoms with Crippen LogP contribution < -0.4 is 14.7 Å². The molecule has 0 N–H and O–H groups in total.